The van der Waals surface area contributed by atoms with Gasteiger partial charge in [0.15, 0.2) is 11.6 Å². The van der Waals surface area contributed by atoms with Gasteiger partial charge in [-0.2, -0.15) is 0 Å². The third kappa shape index (κ3) is 5.13. The van der Waals surface area contributed by atoms with Gasteiger partial charge < -0.3 is 19.5 Å². The fourth-order valence-electron chi connectivity index (χ4n) is 4.60. The number of methoxy groups -OCH3 is 1. The van der Waals surface area contributed by atoms with E-state index in [9.17, 15) is 14.0 Å². The molecule has 1 amide bonds. The number of nitrogens with zero attached hydrogens (tertiary/aromatic N) is 3. The number of aryl methyl sites for hydroxylation is 1. The molecule has 0 bridgehead atoms. The number of carbonyl (C=O) groups excluding carboxylic acids is 1. The predicted molar refractivity (Wildman–Crippen MR) is 137 cm³/mol. The number of hydrogen-bond acceptors (Lipinski definition) is 5. The SMILES string of the molecule is COc1ccc(CN2CCC(Nc3c(C(=O)N(C)C)c(=O)n(C)c4ccc(Cl)cc34)CC2)cc1F. The van der Waals surface area contributed by atoms with Gasteiger partial charge in [0, 0.05) is 57.2 Å². The number of piperidine rings is 1. The summed E-state index contributed by atoms with van der Waals surface area (Å²) in [6.07, 6.45) is 1.62. The topological polar surface area (TPSA) is 66.8 Å². The highest BCUT2D eigenvalue weighted by atomic mass is 35.5. The van der Waals surface area contributed by atoms with Crippen LogP contribution in [0.1, 0.15) is 28.8 Å². The lowest BCUT2D eigenvalue weighted by molar-refractivity contribution is 0.0826. The van der Waals surface area contributed by atoms with Crippen molar-refractivity contribution < 1.29 is 13.9 Å². The molecule has 0 unspecified atom stereocenters. The Morgan fingerprint density at radius 1 is 1.20 bits per heavy atom. The highest BCUT2D eigenvalue weighted by molar-refractivity contribution is 6.31. The van der Waals surface area contributed by atoms with Gasteiger partial charge in [0.2, 0.25) is 0 Å². The van der Waals surface area contributed by atoms with Crippen LogP contribution in [0.2, 0.25) is 5.02 Å². The summed E-state index contributed by atoms with van der Waals surface area (Å²) in [6, 6.07) is 10.4. The minimum Gasteiger partial charge on any atom is -0.494 e. The number of likely N-dealkylation sites (tertiary alicyclic amines) is 1. The summed E-state index contributed by atoms with van der Waals surface area (Å²) >= 11 is 6.29. The molecule has 1 saturated heterocycles. The maximum atomic E-state index is 14.1. The van der Waals surface area contributed by atoms with E-state index in [1.165, 1.54) is 22.6 Å². The molecule has 3 aromatic rings. The maximum Gasteiger partial charge on any atom is 0.265 e. The second-order valence-corrected chi connectivity index (χ2v) is 9.58. The van der Waals surface area contributed by atoms with E-state index in [2.05, 4.69) is 10.2 Å². The zero-order chi connectivity index (χ0) is 25.3. The van der Waals surface area contributed by atoms with E-state index in [1.54, 1.807) is 45.4 Å². The first-order chi connectivity index (χ1) is 16.7. The molecule has 2 aromatic carbocycles. The Labute approximate surface area is 209 Å². The van der Waals surface area contributed by atoms with E-state index in [0.29, 0.717) is 22.8 Å². The van der Waals surface area contributed by atoms with Crippen LogP contribution in [0.15, 0.2) is 41.2 Å². The van der Waals surface area contributed by atoms with E-state index < -0.39 is 0 Å². The molecule has 1 aromatic heterocycles. The van der Waals surface area contributed by atoms with E-state index >= 15 is 0 Å². The van der Waals surface area contributed by atoms with E-state index in [0.717, 1.165) is 36.9 Å². The van der Waals surface area contributed by atoms with Gasteiger partial charge in [-0.1, -0.05) is 17.7 Å². The molecule has 0 spiro atoms. The van der Waals surface area contributed by atoms with Crippen molar-refractivity contribution in [1.29, 1.82) is 0 Å². The Kier molecular flexibility index (Phi) is 7.33. The fraction of sp³-hybridized carbons (Fsp3) is 0.385. The summed E-state index contributed by atoms with van der Waals surface area (Å²) in [4.78, 5) is 29.9. The largest absolute Gasteiger partial charge is 0.494 e. The molecule has 1 aliphatic rings. The van der Waals surface area contributed by atoms with Crippen molar-refractivity contribution in [3.63, 3.8) is 0 Å². The average Bonchev–Trinajstić information content (AvgIpc) is 2.83. The summed E-state index contributed by atoms with van der Waals surface area (Å²) in [5.41, 5.74) is 1.89. The summed E-state index contributed by atoms with van der Waals surface area (Å²) in [6.45, 7) is 2.24. The van der Waals surface area contributed by atoms with Crippen LogP contribution < -0.4 is 15.6 Å². The van der Waals surface area contributed by atoms with Crippen LogP contribution >= 0.6 is 11.6 Å². The molecule has 0 atom stereocenters. The number of carbonyl (C=O) groups is 1. The lowest BCUT2D eigenvalue weighted by Gasteiger charge is -2.33. The fourth-order valence-corrected chi connectivity index (χ4v) is 4.77. The third-order valence-corrected chi connectivity index (χ3v) is 6.77. The number of hydrogen-bond donors (Lipinski definition) is 1. The molecular formula is C26H30ClFN4O3. The van der Waals surface area contributed by atoms with Crippen LogP contribution in [-0.4, -0.2) is 60.6 Å². The molecule has 0 radical (unpaired) electrons. The minimum atomic E-state index is -0.365. The van der Waals surface area contributed by atoms with Crippen molar-refractivity contribution in [1.82, 2.24) is 14.4 Å². The molecule has 7 nitrogen and oxygen atoms in total. The molecule has 1 aliphatic heterocycles. The Hall–Kier alpha value is -3.10. The van der Waals surface area contributed by atoms with Gasteiger partial charge in [-0.25, -0.2) is 4.39 Å². The molecule has 1 fully saturated rings. The van der Waals surface area contributed by atoms with Crippen LogP contribution in [0.25, 0.3) is 10.9 Å². The van der Waals surface area contributed by atoms with Crippen molar-refractivity contribution in [2.75, 3.05) is 39.6 Å². The van der Waals surface area contributed by atoms with Crippen LogP contribution in [-0.2, 0) is 13.6 Å². The molecule has 0 aliphatic carbocycles. The monoisotopic (exact) mass is 500 g/mol. The van der Waals surface area contributed by atoms with Gasteiger partial charge in [0.1, 0.15) is 5.56 Å². The summed E-state index contributed by atoms with van der Waals surface area (Å²) < 4.78 is 20.6. The highest BCUT2D eigenvalue weighted by Crippen LogP contribution is 2.30. The zero-order valence-corrected chi connectivity index (χ0v) is 21.2. The third-order valence-electron chi connectivity index (χ3n) is 6.54. The van der Waals surface area contributed by atoms with Crippen molar-refractivity contribution in [2.45, 2.75) is 25.4 Å². The molecule has 186 valence electrons. The van der Waals surface area contributed by atoms with Crippen LogP contribution in [0, 0.1) is 5.82 Å². The molecule has 2 heterocycles. The summed E-state index contributed by atoms with van der Waals surface area (Å²) in [5, 5.41) is 4.78. The van der Waals surface area contributed by atoms with Gasteiger partial charge in [-0.3, -0.25) is 14.5 Å². The Bertz CT molecular complexity index is 1320. The van der Waals surface area contributed by atoms with Crippen LogP contribution in [0.4, 0.5) is 10.1 Å². The first-order valence-electron chi connectivity index (χ1n) is 11.5. The zero-order valence-electron chi connectivity index (χ0n) is 20.4. The van der Waals surface area contributed by atoms with Gasteiger partial charge in [0.05, 0.1) is 18.3 Å². The highest BCUT2D eigenvalue weighted by Gasteiger charge is 2.26. The maximum absolute atomic E-state index is 14.1. The number of halogens is 2. The first kappa shape index (κ1) is 25.0. The van der Waals surface area contributed by atoms with Gasteiger partial charge in [0.25, 0.3) is 11.5 Å². The van der Waals surface area contributed by atoms with Crippen molar-refractivity contribution in [2.24, 2.45) is 7.05 Å². The smallest absolute Gasteiger partial charge is 0.265 e. The quantitative estimate of drug-likeness (QED) is 0.551. The van der Waals surface area contributed by atoms with Crippen molar-refractivity contribution in [3.05, 3.63) is 68.7 Å². The molecule has 4 rings (SSSR count). The molecule has 35 heavy (non-hydrogen) atoms. The Morgan fingerprint density at radius 3 is 2.54 bits per heavy atom. The summed E-state index contributed by atoms with van der Waals surface area (Å²) in [7, 11) is 6.38. The normalized spacial score (nSPS) is 14.8. The first-order valence-corrected chi connectivity index (χ1v) is 11.9. The second kappa shape index (κ2) is 10.3. The molecule has 1 N–H and O–H groups in total. The second-order valence-electron chi connectivity index (χ2n) is 9.14. The summed E-state index contributed by atoms with van der Waals surface area (Å²) in [5.74, 6) is -0.481. The number of pyridine rings is 1. The number of rotatable bonds is 6. The predicted octanol–water partition coefficient (Wildman–Crippen LogP) is 4.12. The lowest BCUT2D eigenvalue weighted by Crippen LogP contribution is -2.40. The number of nitrogens with one attached hydrogen (secondary N) is 1. The molecule has 0 saturated carbocycles. The lowest BCUT2D eigenvalue weighted by atomic mass is 10.0. The van der Waals surface area contributed by atoms with Crippen LogP contribution in [0.3, 0.4) is 0 Å². The number of ether oxygens (including phenoxy) is 1. The Balaban J connectivity index is 1.57. The van der Waals surface area contributed by atoms with Crippen molar-refractivity contribution >= 4 is 34.1 Å². The minimum absolute atomic E-state index is 0.0712. The van der Waals surface area contributed by atoms with Crippen molar-refractivity contribution in [3.8, 4) is 5.75 Å². The van der Waals surface area contributed by atoms with Gasteiger partial charge in [-0.05, 0) is 48.7 Å². The van der Waals surface area contributed by atoms with E-state index in [-0.39, 0.29) is 34.6 Å². The van der Waals surface area contributed by atoms with Crippen LogP contribution in [0.5, 0.6) is 5.75 Å². The molecule has 9 heteroatoms. The van der Waals surface area contributed by atoms with E-state index in [1.807, 2.05) is 6.07 Å². The van der Waals surface area contributed by atoms with E-state index in [4.69, 9.17) is 16.3 Å². The molecular weight excluding hydrogens is 471 g/mol. The van der Waals surface area contributed by atoms with Gasteiger partial charge in [-0.15, -0.1) is 0 Å². The number of fused-ring (bicyclic) bond motifs is 1. The number of amides is 1. The average molecular weight is 501 g/mol. The number of aromatic nitrogens is 1. The van der Waals surface area contributed by atoms with Gasteiger partial charge >= 0.3 is 0 Å². The standard InChI is InChI=1S/C26H30ClFN4O3/c1-30(2)25(33)23-24(19-14-17(27)6-7-21(19)31(3)26(23)34)29-18-9-11-32(12-10-18)15-16-5-8-22(35-4)20(28)13-16/h5-8,13-14,18,29H,9-12,15H2,1-4H3. The number of benzene rings is 2. The number of anilines is 1. The Morgan fingerprint density at radius 2 is 1.91 bits per heavy atom.